The number of anilines is 1. The maximum absolute atomic E-state index is 12.3. The fourth-order valence-corrected chi connectivity index (χ4v) is 2.20. The van der Waals surface area contributed by atoms with Gasteiger partial charge in [-0.05, 0) is 31.2 Å². The number of nitrogens with one attached hydrogen (secondary N) is 2. The average molecular weight is 298 g/mol. The highest BCUT2D eigenvalue weighted by molar-refractivity contribution is 5.95. The number of carbonyl (C=O) groups is 2. The summed E-state index contributed by atoms with van der Waals surface area (Å²) in [5.74, 6) is -0.0715. The summed E-state index contributed by atoms with van der Waals surface area (Å²) in [6, 6.07) is 7.33. The second kappa shape index (κ2) is 7.26. The van der Waals surface area contributed by atoms with E-state index in [-0.39, 0.29) is 24.2 Å². The van der Waals surface area contributed by atoms with E-state index < -0.39 is 0 Å². The van der Waals surface area contributed by atoms with Crippen LogP contribution in [0.1, 0.15) is 24.2 Å². The van der Waals surface area contributed by atoms with Crippen LogP contribution in [0.15, 0.2) is 24.3 Å². The molecule has 1 fully saturated rings. The number of piperazine rings is 1. The van der Waals surface area contributed by atoms with E-state index in [1.165, 1.54) is 6.92 Å². The quantitative estimate of drug-likeness (QED) is 0.870. The van der Waals surface area contributed by atoms with Crippen molar-refractivity contribution in [2.45, 2.75) is 19.9 Å². The maximum Gasteiger partial charge on any atom is 0.253 e. The van der Waals surface area contributed by atoms with Crippen LogP contribution in [0.25, 0.3) is 0 Å². The van der Waals surface area contributed by atoms with E-state index in [0.717, 1.165) is 19.6 Å². The van der Waals surface area contributed by atoms with Crippen LogP contribution in [-0.2, 0) is 4.79 Å². The lowest BCUT2D eigenvalue weighted by atomic mass is 10.1. The standard InChI is InChI=1S/C14H19N3O2.ClH/c1-10-9-17(8-7-15-10)14(19)12-3-5-13(6-4-12)16-11(2)18;/h3-6,10,15H,7-9H2,1-2H3,(H,16,18);1H. The highest BCUT2D eigenvalue weighted by Gasteiger charge is 2.21. The number of amides is 2. The van der Waals surface area contributed by atoms with Gasteiger partial charge in [-0.1, -0.05) is 0 Å². The van der Waals surface area contributed by atoms with Crippen molar-refractivity contribution < 1.29 is 9.59 Å². The van der Waals surface area contributed by atoms with Gasteiger partial charge in [-0.15, -0.1) is 12.4 Å². The van der Waals surface area contributed by atoms with Crippen molar-refractivity contribution in [2.75, 3.05) is 25.0 Å². The van der Waals surface area contributed by atoms with Gasteiger partial charge in [0.25, 0.3) is 5.91 Å². The maximum atomic E-state index is 12.3. The second-order valence-corrected chi connectivity index (χ2v) is 4.86. The van der Waals surface area contributed by atoms with Gasteiger partial charge in [0, 0.05) is 43.9 Å². The fraction of sp³-hybridized carbons (Fsp3) is 0.429. The highest BCUT2D eigenvalue weighted by Crippen LogP contribution is 2.12. The number of hydrogen-bond donors (Lipinski definition) is 2. The van der Waals surface area contributed by atoms with Gasteiger partial charge in [0.15, 0.2) is 0 Å². The molecule has 5 nitrogen and oxygen atoms in total. The molecular weight excluding hydrogens is 278 g/mol. The summed E-state index contributed by atoms with van der Waals surface area (Å²) < 4.78 is 0. The average Bonchev–Trinajstić information content (AvgIpc) is 2.38. The first kappa shape index (κ1) is 16.5. The first-order valence-electron chi connectivity index (χ1n) is 6.46. The zero-order chi connectivity index (χ0) is 13.8. The van der Waals surface area contributed by atoms with Crippen LogP contribution in [0, 0.1) is 0 Å². The third-order valence-electron chi connectivity index (χ3n) is 3.11. The Hall–Kier alpha value is -1.59. The highest BCUT2D eigenvalue weighted by atomic mass is 35.5. The molecule has 1 aliphatic rings. The predicted molar refractivity (Wildman–Crippen MR) is 81.4 cm³/mol. The molecule has 0 spiro atoms. The van der Waals surface area contributed by atoms with Crippen molar-refractivity contribution in [3.63, 3.8) is 0 Å². The van der Waals surface area contributed by atoms with Gasteiger partial charge in [0.2, 0.25) is 5.91 Å². The molecule has 1 saturated heterocycles. The Morgan fingerprint density at radius 1 is 1.30 bits per heavy atom. The Labute approximate surface area is 125 Å². The molecular formula is C14H20ClN3O2. The van der Waals surface area contributed by atoms with Crippen molar-refractivity contribution in [1.82, 2.24) is 10.2 Å². The zero-order valence-corrected chi connectivity index (χ0v) is 12.5. The van der Waals surface area contributed by atoms with Gasteiger partial charge in [-0.3, -0.25) is 9.59 Å². The lowest BCUT2D eigenvalue weighted by Crippen LogP contribution is -2.51. The third kappa shape index (κ3) is 4.21. The minimum atomic E-state index is -0.116. The lowest BCUT2D eigenvalue weighted by Gasteiger charge is -2.32. The minimum Gasteiger partial charge on any atom is -0.336 e. The molecule has 110 valence electrons. The summed E-state index contributed by atoms with van der Waals surface area (Å²) in [7, 11) is 0. The number of halogens is 1. The molecule has 0 aromatic heterocycles. The summed E-state index contributed by atoms with van der Waals surface area (Å²) >= 11 is 0. The molecule has 0 saturated carbocycles. The van der Waals surface area contributed by atoms with Crippen LogP contribution in [-0.4, -0.2) is 42.4 Å². The Bertz CT molecular complexity index is 476. The lowest BCUT2D eigenvalue weighted by molar-refractivity contribution is -0.114. The molecule has 1 aliphatic heterocycles. The molecule has 0 bridgehead atoms. The SMILES string of the molecule is CC(=O)Nc1ccc(C(=O)N2CCNC(C)C2)cc1.Cl. The molecule has 20 heavy (non-hydrogen) atoms. The van der Waals surface area contributed by atoms with Crippen LogP contribution >= 0.6 is 12.4 Å². The summed E-state index contributed by atoms with van der Waals surface area (Å²) in [4.78, 5) is 25.1. The molecule has 1 unspecified atom stereocenters. The Kier molecular flexibility index (Phi) is 5.98. The number of hydrogen-bond acceptors (Lipinski definition) is 3. The minimum absolute atomic E-state index is 0. The van der Waals surface area contributed by atoms with Gasteiger partial charge in [-0.25, -0.2) is 0 Å². The van der Waals surface area contributed by atoms with Gasteiger partial charge in [0.05, 0.1) is 0 Å². The summed E-state index contributed by atoms with van der Waals surface area (Å²) in [6.07, 6.45) is 0. The molecule has 6 heteroatoms. The van der Waals surface area contributed by atoms with Crippen LogP contribution in [0.5, 0.6) is 0 Å². The molecule has 2 N–H and O–H groups in total. The van der Waals surface area contributed by atoms with Crippen LogP contribution in [0.4, 0.5) is 5.69 Å². The molecule has 2 amide bonds. The van der Waals surface area contributed by atoms with E-state index in [1.54, 1.807) is 24.3 Å². The Morgan fingerprint density at radius 3 is 2.50 bits per heavy atom. The Morgan fingerprint density at radius 2 is 1.95 bits per heavy atom. The number of rotatable bonds is 2. The monoisotopic (exact) mass is 297 g/mol. The molecule has 2 rings (SSSR count). The molecule has 0 radical (unpaired) electrons. The van der Waals surface area contributed by atoms with E-state index in [2.05, 4.69) is 17.6 Å². The first-order valence-corrected chi connectivity index (χ1v) is 6.46. The zero-order valence-electron chi connectivity index (χ0n) is 11.7. The fourth-order valence-electron chi connectivity index (χ4n) is 2.20. The van der Waals surface area contributed by atoms with Gasteiger partial charge < -0.3 is 15.5 Å². The van der Waals surface area contributed by atoms with Gasteiger partial charge >= 0.3 is 0 Å². The van der Waals surface area contributed by atoms with E-state index >= 15 is 0 Å². The van der Waals surface area contributed by atoms with Crippen molar-refractivity contribution >= 4 is 29.9 Å². The van der Waals surface area contributed by atoms with Gasteiger partial charge in [-0.2, -0.15) is 0 Å². The first-order chi connectivity index (χ1) is 9.06. The molecule has 1 aromatic carbocycles. The summed E-state index contributed by atoms with van der Waals surface area (Å²) in [6.45, 7) is 5.82. The summed E-state index contributed by atoms with van der Waals surface area (Å²) in [5.41, 5.74) is 1.36. The molecule has 0 aliphatic carbocycles. The second-order valence-electron chi connectivity index (χ2n) is 4.86. The van der Waals surface area contributed by atoms with Crippen molar-refractivity contribution in [2.24, 2.45) is 0 Å². The third-order valence-corrected chi connectivity index (χ3v) is 3.11. The van der Waals surface area contributed by atoms with Crippen LogP contribution in [0.3, 0.4) is 0 Å². The predicted octanol–water partition coefficient (Wildman–Crippen LogP) is 1.50. The topological polar surface area (TPSA) is 61.4 Å². The van der Waals surface area contributed by atoms with Gasteiger partial charge in [0.1, 0.15) is 0 Å². The summed E-state index contributed by atoms with van der Waals surface area (Å²) in [5, 5.41) is 5.99. The van der Waals surface area contributed by atoms with E-state index in [4.69, 9.17) is 0 Å². The smallest absolute Gasteiger partial charge is 0.253 e. The number of nitrogens with zero attached hydrogens (tertiary/aromatic N) is 1. The molecule has 1 aromatic rings. The molecule has 1 atom stereocenters. The van der Waals surface area contributed by atoms with E-state index in [0.29, 0.717) is 17.3 Å². The van der Waals surface area contributed by atoms with Crippen LogP contribution < -0.4 is 10.6 Å². The van der Waals surface area contributed by atoms with Crippen molar-refractivity contribution in [3.05, 3.63) is 29.8 Å². The van der Waals surface area contributed by atoms with Crippen molar-refractivity contribution in [1.29, 1.82) is 0 Å². The Balaban J connectivity index is 0.00000200. The van der Waals surface area contributed by atoms with E-state index in [1.807, 2.05) is 4.90 Å². The van der Waals surface area contributed by atoms with Crippen LogP contribution in [0.2, 0.25) is 0 Å². The molecule has 1 heterocycles. The number of carbonyl (C=O) groups excluding carboxylic acids is 2. The van der Waals surface area contributed by atoms with E-state index in [9.17, 15) is 9.59 Å². The number of benzene rings is 1. The van der Waals surface area contributed by atoms with Crippen molar-refractivity contribution in [3.8, 4) is 0 Å². The normalized spacial score (nSPS) is 18.1. The largest absolute Gasteiger partial charge is 0.336 e.